The number of aliphatic carboxylic acids is 1. The predicted octanol–water partition coefficient (Wildman–Crippen LogP) is 1.85. The fourth-order valence-corrected chi connectivity index (χ4v) is 2.05. The Balaban J connectivity index is 2.81. The Morgan fingerprint density at radius 1 is 1.30 bits per heavy atom. The summed E-state index contributed by atoms with van der Waals surface area (Å²) in [6.45, 7) is 3.15. The fourth-order valence-electron chi connectivity index (χ4n) is 2.05. The molecular formula is C15H24N2O3. The van der Waals surface area contributed by atoms with Gasteiger partial charge >= 0.3 is 5.97 Å². The van der Waals surface area contributed by atoms with Crippen LogP contribution in [-0.4, -0.2) is 56.9 Å². The van der Waals surface area contributed by atoms with Gasteiger partial charge in [-0.3, -0.25) is 9.69 Å². The second-order valence-corrected chi connectivity index (χ2v) is 5.02. The molecule has 0 spiro atoms. The molecule has 0 bridgehead atoms. The summed E-state index contributed by atoms with van der Waals surface area (Å²) in [4.78, 5) is 14.9. The Bertz CT molecular complexity index is 418. The second kappa shape index (κ2) is 7.87. The summed E-state index contributed by atoms with van der Waals surface area (Å²) in [5.74, 6) is -0.821. The molecule has 0 aliphatic rings. The molecule has 0 aromatic heterocycles. The first kappa shape index (κ1) is 16.5. The van der Waals surface area contributed by atoms with Crippen molar-refractivity contribution in [1.82, 2.24) is 4.90 Å². The molecule has 5 nitrogen and oxygen atoms in total. The number of nitrogens with zero attached hydrogens (tertiary/aromatic N) is 2. The Labute approximate surface area is 120 Å². The number of benzene rings is 1. The molecule has 0 saturated heterocycles. The minimum atomic E-state index is -0.821. The van der Waals surface area contributed by atoms with Gasteiger partial charge in [0.2, 0.25) is 0 Å². The maximum absolute atomic E-state index is 11.0. The lowest BCUT2D eigenvalue weighted by atomic mass is 10.1. The van der Waals surface area contributed by atoms with Crippen LogP contribution in [0.15, 0.2) is 24.3 Å². The molecule has 1 unspecified atom stereocenters. The number of ether oxygens (including phenoxy) is 1. The van der Waals surface area contributed by atoms with E-state index >= 15 is 0 Å². The van der Waals surface area contributed by atoms with Crippen LogP contribution in [0.1, 0.15) is 18.5 Å². The van der Waals surface area contributed by atoms with E-state index in [1.165, 1.54) is 0 Å². The summed E-state index contributed by atoms with van der Waals surface area (Å²) in [7, 11) is 5.61. The van der Waals surface area contributed by atoms with Gasteiger partial charge in [-0.25, -0.2) is 0 Å². The molecule has 5 heteroatoms. The third-order valence-electron chi connectivity index (χ3n) is 3.36. The predicted molar refractivity (Wildman–Crippen MR) is 80.3 cm³/mol. The lowest BCUT2D eigenvalue weighted by Gasteiger charge is -2.28. The van der Waals surface area contributed by atoms with Gasteiger partial charge in [0.25, 0.3) is 0 Å². The van der Waals surface area contributed by atoms with Crippen LogP contribution in [0.3, 0.4) is 0 Å². The first-order valence-electron chi connectivity index (χ1n) is 6.67. The van der Waals surface area contributed by atoms with E-state index in [0.29, 0.717) is 13.2 Å². The van der Waals surface area contributed by atoms with Crippen LogP contribution in [0.2, 0.25) is 0 Å². The molecule has 0 amide bonds. The fraction of sp³-hybridized carbons (Fsp3) is 0.533. The maximum Gasteiger partial charge on any atom is 0.317 e. The van der Waals surface area contributed by atoms with Gasteiger partial charge in [-0.1, -0.05) is 12.1 Å². The van der Waals surface area contributed by atoms with Crippen molar-refractivity contribution in [2.45, 2.75) is 13.0 Å². The van der Waals surface area contributed by atoms with E-state index in [9.17, 15) is 4.79 Å². The van der Waals surface area contributed by atoms with Gasteiger partial charge in [0, 0.05) is 39.5 Å². The second-order valence-electron chi connectivity index (χ2n) is 5.02. The van der Waals surface area contributed by atoms with Crippen LogP contribution in [0.5, 0.6) is 0 Å². The van der Waals surface area contributed by atoms with Crippen molar-refractivity contribution in [1.29, 1.82) is 0 Å². The van der Waals surface area contributed by atoms with Crippen molar-refractivity contribution in [2.24, 2.45) is 0 Å². The van der Waals surface area contributed by atoms with E-state index in [1.54, 1.807) is 7.11 Å². The van der Waals surface area contributed by atoms with E-state index in [2.05, 4.69) is 0 Å². The summed E-state index contributed by atoms with van der Waals surface area (Å²) in [5.41, 5.74) is 2.23. The number of hydrogen-bond acceptors (Lipinski definition) is 4. The molecule has 0 saturated carbocycles. The van der Waals surface area contributed by atoms with Crippen molar-refractivity contribution in [3.63, 3.8) is 0 Å². The zero-order chi connectivity index (χ0) is 15.1. The average molecular weight is 280 g/mol. The molecule has 1 aromatic carbocycles. The average Bonchev–Trinajstić information content (AvgIpc) is 2.42. The summed E-state index contributed by atoms with van der Waals surface area (Å²) in [6.07, 6.45) is 0. The van der Waals surface area contributed by atoms with Crippen molar-refractivity contribution in [3.05, 3.63) is 29.8 Å². The number of carboxylic acids is 1. The van der Waals surface area contributed by atoms with E-state index in [4.69, 9.17) is 9.84 Å². The summed E-state index contributed by atoms with van der Waals surface area (Å²) >= 11 is 0. The Hall–Kier alpha value is -1.59. The summed E-state index contributed by atoms with van der Waals surface area (Å²) in [5, 5.41) is 9.01. The van der Waals surface area contributed by atoms with Gasteiger partial charge in [-0.05, 0) is 24.6 Å². The highest BCUT2D eigenvalue weighted by Crippen LogP contribution is 2.22. The van der Waals surface area contributed by atoms with E-state index in [1.807, 2.05) is 55.1 Å². The van der Waals surface area contributed by atoms with E-state index in [0.717, 1.165) is 11.3 Å². The quantitative estimate of drug-likeness (QED) is 0.787. The van der Waals surface area contributed by atoms with Crippen molar-refractivity contribution < 1.29 is 14.6 Å². The molecule has 0 aliphatic carbocycles. The van der Waals surface area contributed by atoms with Gasteiger partial charge in [0.15, 0.2) is 0 Å². The zero-order valence-electron chi connectivity index (χ0n) is 12.7. The third-order valence-corrected chi connectivity index (χ3v) is 3.36. The topological polar surface area (TPSA) is 53.0 Å². The number of anilines is 1. The van der Waals surface area contributed by atoms with Crippen LogP contribution >= 0.6 is 0 Å². The largest absolute Gasteiger partial charge is 0.480 e. The molecule has 0 heterocycles. The number of methoxy groups -OCH3 is 1. The summed E-state index contributed by atoms with van der Waals surface area (Å²) < 4.78 is 5.05. The lowest BCUT2D eigenvalue weighted by molar-refractivity contribution is -0.139. The smallest absolute Gasteiger partial charge is 0.317 e. The highest BCUT2D eigenvalue weighted by atomic mass is 16.5. The van der Waals surface area contributed by atoms with E-state index in [-0.39, 0.29) is 12.6 Å². The van der Waals surface area contributed by atoms with Crippen molar-refractivity contribution in [2.75, 3.05) is 45.8 Å². The number of carboxylic acid groups (broad SMARTS) is 1. The standard InChI is InChI=1S/C15H24N2O3/c1-12(17(9-10-20-4)11-15(18)19)13-5-7-14(8-6-13)16(2)3/h5-8,12H,9-11H2,1-4H3,(H,18,19). The van der Waals surface area contributed by atoms with Crippen LogP contribution in [0.4, 0.5) is 5.69 Å². The summed E-state index contributed by atoms with van der Waals surface area (Å²) in [6, 6.07) is 8.21. The highest BCUT2D eigenvalue weighted by Gasteiger charge is 2.18. The number of rotatable bonds is 8. The third kappa shape index (κ3) is 4.83. The van der Waals surface area contributed by atoms with Crippen LogP contribution < -0.4 is 4.90 Å². The van der Waals surface area contributed by atoms with E-state index < -0.39 is 5.97 Å². The van der Waals surface area contributed by atoms with Gasteiger partial charge in [-0.15, -0.1) is 0 Å². The molecule has 0 radical (unpaired) electrons. The minimum Gasteiger partial charge on any atom is -0.480 e. The Kier molecular flexibility index (Phi) is 6.48. The number of carbonyl (C=O) groups is 1. The molecule has 0 aliphatic heterocycles. The van der Waals surface area contributed by atoms with Gasteiger partial charge in [0.1, 0.15) is 0 Å². The van der Waals surface area contributed by atoms with Gasteiger partial charge in [-0.2, -0.15) is 0 Å². The molecule has 20 heavy (non-hydrogen) atoms. The normalized spacial score (nSPS) is 12.4. The maximum atomic E-state index is 11.0. The monoisotopic (exact) mass is 280 g/mol. The molecule has 0 fully saturated rings. The first-order chi connectivity index (χ1) is 9.45. The SMILES string of the molecule is COCCN(CC(=O)O)C(C)c1ccc(N(C)C)cc1. The van der Waals surface area contributed by atoms with Gasteiger partial charge < -0.3 is 14.7 Å². The molecule has 1 rings (SSSR count). The van der Waals surface area contributed by atoms with Crippen LogP contribution in [0, 0.1) is 0 Å². The van der Waals surface area contributed by atoms with Crippen LogP contribution in [0.25, 0.3) is 0 Å². The Morgan fingerprint density at radius 3 is 2.35 bits per heavy atom. The van der Waals surface area contributed by atoms with Crippen molar-refractivity contribution in [3.8, 4) is 0 Å². The Morgan fingerprint density at radius 2 is 1.90 bits per heavy atom. The molecular weight excluding hydrogens is 256 g/mol. The molecule has 1 atom stereocenters. The number of hydrogen-bond donors (Lipinski definition) is 1. The molecule has 1 aromatic rings. The molecule has 1 N–H and O–H groups in total. The minimum absolute atomic E-state index is 0.0138. The van der Waals surface area contributed by atoms with Gasteiger partial charge in [0.05, 0.1) is 13.2 Å². The molecule has 112 valence electrons. The van der Waals surface area contributed by atoms with Crippen molar-refractivity contribution >= 4 is 11.7 Å². The van der Waals surface area contributed by atoms with Crippen LogP contribution in [-0.2, 0) is 9.53 Å². The highest BCUT2D eigenvalue weighted by molar-refractivity contribution is 5.69. The zero-order valence-corrected chi connectivity index (χ0v) is 12.7. The lowest BCUT2D eigenvalue weighted by Crippen LogP contribution is -2.35. The first-order valence-corrected chi connectivity index (χ1v) is 6.67.